The number of nitrogens with zero attached hydrogens (tertiary/aromatic N) is 3. The number of benzene rings is 1. The van der Waals surface area contributed by atoms with Crippen molar-refractivity contribution in [3.63, 3.8) is 0 Å². The van der Waals surface area contributed by atoms with Gasteiger partial charge in [-0.3, -0.25) is 5.43 Å². The normalized spacial score (nSPS) is 8.47. The molecule has 1 rings (SSSR count). The molecule has 0 aliphatic carbocycles. The van der Waals surface area contributed by atoms with Gasteiger partial charge in [-0.1, -0.05) is 12.1 Å². The molecule has 74 valence electrons. The molecule has 0 amide bonds. The Kier molecular flexibility index (Phi) is 3.84. The van der Waals surface area contributed by atoms with E-state index in [1.165, 1.54) is 0 Å². The minimum atomic E-state index is -0.246. The molecule has 1 aromatic carbocycles. The van der Waals surface area contributed by atoms with Crippen molar-refractivity contribution in [2.24, 2.45) is 5.10 Å². The minimum Gasteiger partial charge on any atom is -0.392 e. The molecule has 0 radical (unpaired) electrons. The average molecular weight is 200 g/mol. The third kappa shape index (κ3) is 3.11. The van der Waals surface area contributed by atoms with Crippen LogP contribution in [0, 0.1) is 22.7 Å². The first-order chi connectivity index (χ1) is 7.30. The first kappa shape index (κ1) is 10.7. The number of hydrazone groups is 1. The highest BCUT2D eigenvalue weighted by molar-refractivity contribution is 6.10. The van der Waals surface area contributed by atoms with Crippen molar-refractivity contribution < 1.29 is 5.11 Å². The van der Waals surface area contributed by atoms with Crippen molar-refractivity contribution in [3.05, 3.63) is 29.8 Å². The number of anilines is 1. The Hall–Kier alpha value is -2.37. The van der Waals surface area contributed by atoms with E-state index in [9.17, 15) is 0 Å². The number of aliphatic hydroxyl groups is 1. The van der Waals surface area contributed by atoms with E-state index < -0.39 is 0 Å². The smallest absolute Gasteiger partial charge is 0.237 e. The molecule has 5 heteroatoms. The van der Waals surface area contributed by atoms with Gasteiger partial charge < -0.3 is 5.11 Å². The highest BCUT2D eigenvalue weighted by Gasteiger charge is 1.95. The van der Waals surface area contributed by atoms with Crippen LogP contribution in [0.25, 0.3) is 0 Å². The summed E-state index contributed by atoms with van der Waals surface area (Å²) in [5.41, 5.74) is 3.65. The van der Waals surface area contributed by atoms with Crippen LogP contribution in [0.4, 0.5) is 5.69 Å². The van der Waals surface area contributed by atoms with Crippen LogP contribution < -0.4 is 5.43 Å². The Morgan fingerprint density at radius 2 is 2.13 bits per heavy atom. The molecule has 0 saturated heterocycles. The fourth-order valence-corrected chi connectivity index (χ4v) is 0.935. The van der Waals surface area contributed by atoms with Crippen LogP contribution in [0.5, 0.6) is 0 Å². The zero-order valence-corrected chi connectivity index (χ0v) is 7.81. The van der Waals surface area contributed by atoms with Crippen molar-refractivity contribution in [1.82, 2.24) is 0 Å². The Labute approximate surface area is 86.9 Å². The summed E-state index contributed by atoms with van der Waals surface area (Å²) in [7, 11) is 0. The zero-order valence-electron chi connectivity index (χ0n) is 7.81. The predicted molar refractivity (Wildman–Crippen MR) is 54.6 cm³/mol. The van der Waals surface area contributed by atoms with Crippen molar-refractivity contribution in [2.45, 2.75) is 6.61 Å². The van der Waals surface area contributed by atoms with Crippen molar-refractivity contribution >= 4 is 11.4 Å². The van der Waals surface area contributed by atoms with Gasteiger partial charge in [-0.25, -0.2) is 0 Å². The average Bonchev–Trinajstić information content (AvgIpc) is 2.31. The van der Waals surface area contributed by atoms with Crippen LogP contribution in [0.2, 0.25) is 0 Å². The fourth-order valence-electron chi connectivity index (χ4n) is 0.935. The number of rotatable bonds is 3. The van der Waals surface area contributed by atoms with E-state index in [2.05, 4.69) is 10.5 Å². The van der Waals surface area contributed by atoms with E-state index in [1.54, 1.807) is 36.4 Å². The maximum absolute atomic E-state index is 8.86. The lowest BCUT2D eigenvalue weighted by atomic mass is 10.2. The molecule has 0 spiro atoms. The van der Waals surface area contributed by atoms with Gasteiger partial charge in [-0.05, 0) is 17.7 Å². The molecule has 0 aliphatic heterocycles. The van der Waals surface area contributed by atoms with E-state index >= 15 is 0 Å². The van der Waals surface area contributed by atoms with Gasteiger partial charge in [0.25, 0.3) is 0 Å². The van der Waals surface area contributed by atoms with E-state index in [0.717, 1.165) is 5.56 Å². The van der Waals surface area contributed by atoms with Crippen LogP contribution in [-0.4, -0.2) is 10.8 Å². The van der Waals surface area contributed by atoms with Gasteiger partial charge in [-0.15, -0.1) is 0 Å². The lowest BCUT2D eigenvalue weighted by Gasteiger charge is -2.01. The van der Waals surface area contributed by atoms with E-state index in [0.29, 0.717) is 5.69 Å². The minimum absolute atomic E-state index is 0.0669. The van der Waals surface area contributed by atoms with Gasteiger partial charge in [-0.2, -0.15) is 15.6 Å². The molecule has 0 aliphatic rings. The second kappa shape index (κ2) is 5.38. The molecular formula is C10H8N4O. The maximum Gasteiger partial charge on any atom is 0.237 e. The monoisotopic (exact) mass is 200 g/mol. The zero-order chi connectivity index (χ0) is 11.1. The van der Waals surface area contributed by atoms with Crippen molar-refractivity contribution in [1.29, 1.82) is 10.5 Å². The molecule has 0 bridgehead atoms. The molecular weight excluding hydrogens is 192 g/mol. The molecule has 2 N–H and O–H groups in total. The Morgan fingerprint density at radius 3 is 2.73 bits per heavy atom. The van der Waals surface area contributed by atoms with Gasteiger partial charge in [0.15, 0.2) is 0 Å². The van der Waals surface area contributed by atoms with Gasteiger partial charge in [0.1, 0.15) is 12.1 Å². The summed E-state index contributed by atoms with van der Waals surface area (Å²) in [6, 6.07) is 10.1. The first-order valence-electron chi connectivity index (χ1n) is 4.14. The second-order valence-electron chi connectivity index (χ2n) is 2.65. The SMILES string of the molecule is N#CC(C#N)=NNc1cccc(CO)c1. The molecule has 0 unspecified atom stereocenters. The molecule has 0 saturated carbocycles. The van der Waals surface area contributed by atoms with Gasteiger partial charge in [0.2, 0.25) is 5.71 Å². The topological polar surface area (TPSA) is 92.2 Å². The number of hydrogen-bond acceptors (Lipinski definition) is 5. The Morgan fingerprint density at radius 1 is 1.40 bits per heavy atom. The summed E-state index contributed by atoms with van der Waals surface area (Å²) < 4.78 is 0. The van der Waals surface area contributed by atoms with E-state index in [4.69, 9.17) is 15.6 Å². The molecule has 0 heterocycles. The molecule has 0 atom stereocenters. The number of aliphatic hydroxyl groups excluding tert-OH is 1. The molecule has 5 nitrogen and oxygen atoms in total. The molecule has 0 aromatic heterocycles. The van der Waals surface area contributed by atoms with Crippen LogP contribution in [0.1, 0.15) is 5.56 Å². The highest BCUT2D eigenvalue weighted by atomic mass is 16.3. The molecule has 0 fully saturated rings. The third-order valence-electron chi connectivity index (χ3n) is 1.62. The fraction of sp³-hybridized carbons (Fsp3) is 0.100. The third-order valence-corrected chi connectivity index (χ3v) is 1.62. The highest BCUT2D eigenvalue weighted by Crippen LogP contribution is 2.10. The second-order valence-corrected chi connectivity index (χ2v) is 2.65. The van der Waals surface area contributed by atoms with Crippen LogP contribution in [-0.2, 0) is 6.61 Å². The summed E-state index contributed by atoms with van der Waals surface area (Å²) in [4.78, 5) is 0. The number of nitrogens with one attached hydrogen (secondary N) is 1. The Bertz CT molecular complexity index is 437. The standard InChI is InChI=1S/C10H8N4O/c11-5-10(6-12)14-13-9-3-1-2-8(4-9)7-15/h1-4,13,15H,7H2. The maximum atomic E-state index is 8.86. The summed E-state index contributed by atoms with van der Waals surface area (Å²) in [5.74, 6) is 0. The lowest BCUT2D eigenvalue weighted by molar-refractivity contribution is 0.282. The lowest BCUT2D eigenvalue weighted by Crippen LogP contribution is -1.96. The van der Waals surface area contributed by atoms with E-state index in [1.807, 2.05) is 0 Å². The van der Waals surface area contributed by atoms with Gasteiger partial charge in [0.05, 0.1) is 12.3 Å². The van der Waals surface area contributed by atoms with Crippen LogP contribution in [0.15, 0.2) is 29.4 Å². The number of nitriles is 2. The summed E-state index contributed by atoms with van der Waals surface area (Å²) in [6.07, 6.45) is 0. The van der Waals surface area contributed by atoms with Crippen LogP contribution in [0.3, 0.4) is 0 Å². The summed E-state index contributed by atoms with van der Waals surface area (Å²) in [5, 5.41) is 29.3. The summed E-state index contributed by atoms with van der Waals surface area (Å²) in [6.45, 7) is -0.0669. The van der Waals surface area contributed by atoms with Crippen LogP contribution >= 0.6 is 0 Å². The largest absolute Gasteiger partial charge is 0.392 e. The summed E-state index contributed by atoms with van der Waals surface area (Å²) >= 11 is 0. The molecule has 1 aromatic rings. The predicted octanol–water partition coefficient (Wildman–Crippen LogP) is 0.994. The van der Waals surface area contributed by atoms with Gasteiger partial charge in [0, 0.05) is 0 Å². The quantitative estimate of drug-likeness (QED) is 0.562. The van der Waals surface area contributed by atoms with E-state index in [-0.39, 0.29) is 12.3 Å². The van der Waals surface area contributed by atoms with Crippen molar-refractivity contribution in [2.75, 3.05) is 5.43 Å². The van der Waals surface area contributed by atoms with Crippen molar-refractivity contribution in [3.8, 4) is 12.1 Å². The number of hydrogen-bond donors (Lipinski definition) is 2. The first-order valence-corrected chi connectivity index (χ1v) is 4.14. The van der Waals surface area contributed by atoms with Gasteiger partial charge >= 0.3 is 0 Å². The molecule has 15 heavy (non-hydrogen) atoms. The Balaban J connectivity index is 2.79.